The Kier molecular flexibility index (Phi) is 7.82. The minimum absolute atomic E-state index is 0.0573. The summed E-state index contributed by atoms with van der Waals surface area (Å²) in [6.45, 7) is 5.51. The van der Waals surface area contributed by atoms with Crippen LogP contribution in [0, 0.1) is 11.8 Å². The van der Waals surface area contributed by atoms with E-state index in [0.29, 0.717) is 6.42 Å². The van der Waals surface area contributed by atoms with Gasteiger partial charge in [0, 0.05) is 6.54 Å². The molecule has 0 spiro atoms. The highest BCUT2D eigenvalue weighted by atomic mass is 16.6. The summed E-state index contributed by atoms with van der Waals surface area (Å²) in [4.78, 5) is 46.1. The molecule has 0 aliphatic carbocycles. The van der Waals surface area contributed by atoms with Crippen molar-refractivity contribution in [2.24, 2.45) is 17.6 Å². The van der Waals surface area contributed by atoms with Crippen LogP contribution in [0.3, 0.4) is 0 Å². The van der Waals surface area contributed by atoms with Crippen molar-refractivity contribution in [3.05, 3.63) is 0 Å². The Morgan fingerprint density at radius 3 is 2.44 bits per heavy atom. The maximum absolute atomic E-state index is 12.1. The summed E-state index contributed by atoms with van der Waals surface area (Å²) in [5, 5.41) is 14.1. The number of nitrogens with two attached hydrogens (primary N) is 1. The van der Waals surface area contributed by atoms with Crippen molar-refractivity contribution in [1.82, 2.24) is 10.6 Å². The summed E-state index contributed by atoms with van der Waals surface area (Å²) < 4.78 is 4.92. The molecule has 1 heterocycles. The number of carboxylic acid groups (broad SMARTS) is 1. The molecule has 0 aromatic heterocycles. The van der Waals surface area contributed by atoms with Gasteiger partial charge in [-0.3, -0.25) is 14.4 Å². The Morgan fingerprint density at radius 1 is 1.32 bits per heavy atom. The van der Waals surface area contributed by atoms with E-state index in [1.54, 1.807) is 0 Å². The largest absolute Gasteiger partial charge is 0.480 e. The standard InChI is InChI=1S/C16H27N3O6/c1-4-8(2)11-12(25-16(11)24)14(21)18-7-5-6-10(15(22)23)19-13(20)9(3)17/h8-12H,4-7,17H2,1-3H3,(H,18,21)(H,19,20)(H,22,23)/t8-,9-,10-,11+,12+/m0/s1. The van der Waals surface area contributed by atoms with E-state index in [0.717, 1.165) is 6.42 Å². The molecule has 2 amide bonds. The molecule has 9 nitrogen and oxygen atoms in total. The first-order valence-corrected chi connectivity index (χ1v) is 8.46. The average Bonchev–Trinajstić information content (AvgIpc) is 2.54. The van der Waals surface area contributed by atoms with Gasteiger partial charge in [0.1, 0.15) is 12.0 Å². The van der Waals surface area contributed by atoms with E-state index in [1.807, 2.05) is 13.8 Å². The Balaban J connectivity index is 2.38. The first-order chi connectivity index (χ1) is 11.7. The fourth-order valence-electron chi connectivity index (χ4n) is 2.51. The SMILES string of the molecule is CC[C@H](C)[C@H]1C(=O)O[C@H]1C(=O)NCCC[C@H](NC(=O)[C@H](C)N)C(=O)O. The number of rotatable bonds is 10. The summed E-state index contributed by atoms with van der Waals surface area (Å²) in [5.74, 6) is -2.82. The van der Waals surface area contributed by atoms with E-state index < -0.39 is 36.0 Å². The second-order valence-corrected chi connectivity index (χ2v) is 6.39. The Labute approximate surface area is 146 Å². The van der Waals surface area contributed by atoms with Crippen LogP contribution >= 0.6 is 0 Å². The van der Waals surface area contributed by atoms with E-state index in [4.69, 9.17) is 15.6 Å². The van der Waals surface area contributed by atoms with Crippen LogP contribution in [0.15, 0.2) is 0 Å². The number of hydrogen-bond donors (Lipinski definition) is 4. The molecule has 0 aromatic carbocycles. The highest BCUT2D eigenvalue weighted by Crippen LogP contribution is 2.31. The van der Waals surface area contributed by atoms with E-state index in [2.05, 4.69) is 10.6 Å². The number of amides is 2. The van der Waals surface area contributed by atoms with Crippen LogP contribution in [0.4, 0.5) is 0 Å². The number of ether oxygens (including phenoxy) is 1. The second kappa shape index (κ2) is 9.36. The van der Waals surface area contributed by atoms with Gasteiger partial charge in [-0.25, -0.2) is 4.79 Å². The minimum Gasteiger partial charge on any atom is -0.480 e. The number of carboxylic acids is 1. The molecule has 0 saturated carbocycles. The molecule has 0 unspecified atom stereocenters. The molecule has 1 saturated heterocycles. The Morgan fingerprint density at radius 2 is 1.96 bits per heavy atom. The average molecular weight is 357 g/mol. The maximum Gasteiger partial charge on any atom is 0.326 e. The van der Waals surface area contributed by atoms with Gasteiger partial charge in [-0.15, -0.1) is 0 Å². The molecular weight excluding hydrogens is 330 g/mol. The number of carbonyl (C=O) groups excluding carboxylic acids is 3. The molecule has 1 aliphatic rings. The molecule has 1 aliphatic heterocycles. The zero-order valence-electron chi connectivity index (χ0n) is 14.8. The quantitative estimate of drug-likeness (QED) is 0.301. The van der Waals surface area contributed by atoms with Gasteiger partial charge < -0.3 is 26.2 Å². The second-order valence-electron chi connectivity index (χ2n) is 6.39. The molecule has 5 N–H and O–H groups in total. The number of carbonyl (C=O) groups is 4. The highest BCUT2D eigenvalue weighted by Gasteiger charge is 2.49. The molecule has 9 heteroatoms. The minimum atomic E-state index is -1.16. The number of nitrogens with one attached hydrogen (secondary N) is 2. The molecule has 0 bridgehead atoms. The van der Waals surface area contributed by atoms with Crippen molar-refractivity contribution in [3.8, 4) is 0 Å². The van der Waals surface area contributed by atoms with Crippen molar-refractivity contribution in [2.45, 2.75) is 58.2 Å². The van der Waals surface area contributed by atoms with E-state index in [1.165, 1.54) is 6.92 Å². The molecule has 0 aromatic rings. The van der Waals surface area contributed by atoms with Gasteiger partial charge in [0.2, 0.25) is 5.91 Å². The van der Waals surface area contributed by atoms with Crippen LogP contribution < -0.4 is 16.4 Å². The number of esters is 1. The van der Waals surface area contributed by atoms with Crippen molar-refractivity contribution >= 4 is 23.8 Å². The molecule has 5 atom stereocenters. The number of cyclic esters (lactones) is 1. The predicted molar refractivity (Wildman–Crippen MR) is 88.3 cm³/mol. The van der Waals surface area contributed by atoms with E-state index in [9.17, 15) is 19.2 Å². The zero-order chi connectivity index (χ0) is 19.1. The summed E-state index contributed by atoms with van der Waals surface area (Å²) in [5.41, 5.74) is 5.39. The monoisotopic (exact) mass is 357 g/mol. The molecule has 1 fully saturated rings. The van der Waals surface area contributed by atoms with Crippen molar-refractivity contribution in [1.29, 1.82) is 0 Å². The lowest BCUT2D eigenvalue weighted by Gasteiger charge is -2.37. The van der Waals surface area contributed by atoms with Crippen LogP contribution in [0.25, 0.3) is 0 Å². The third-order valence-corrected chi connectivity index (χ3v) is 4.35. The van der Waals surface area contributed by atoms with Crippen LogP contribution in [0.2, 0.25) is 0 Å². The molecule has 0 radical (unpaired) electrons. The van der Waals surface area contributed by atoms with Crippen LogP contribution in [-0.4, -0.2) is 53.6 Å². The topological polar surface area (TPSA) is 148 Å². The van der Waals surface area contributed by atoms with Gasteiger partial charge >= 0.3 is 11.9 Å². The summed E-state index contributed by atoms with van der Waals surface area (Å²) in [6, 6.07) is -1.86. The molecule has 1 rings (SSSR count). The molecule has 142 valence electrons. The maximum atomic E-state index is 12.1. The summed E-state index contributed by atoms with van der Waals surface area (Å²) in [7, 11) is 0. The van der Waals surface area contributed by atoms with Crippen LogP contribution in [0.1, 0.15) is 40.0 Å². The van der Waals surface area contributed by atoms with Gasteiger partial charge in [-0.2, -0.15) is 0 Å². The zero-order valence-corrected chi connectivity index (χ0v) is 14.8. The van der Waals surface area contributed by atoms with Gasteiger partial charge in [0.25, 0.3) is 5.91 Å². The fraction of sp³-hybridized carbons (Fsp3) is 0.750. The van der Waals surface area contributed by atoms with E-state index >= 15 is 0 Å². The summed E-state index contributed by atoms with van der Waals surface area (Å²) in [6.07, 6.45) is 0.475. The number of hydrogen-bond acceptors (Lipinski definition) is 6. The van der Waals surface area contributed by atoms with Gasteiger partial charge in [0.05, 0.1) is 6.04 Å². The third-order valence-electron chi connectivity index (χ3n) is 4.35. The van der Waals surface area contributed by atoms with Gasteiger partial charge in [-0.1, -0.05) is 20.3 Å². The lowest BCUT2D eigenvalue weighted by molar-refractivity contribution is -0.193. The summed E-state index contributed by atoms with van der Waals surface area (Å²) >= 11 is 0. The Hall–Kier alpha value is -2.16. The molecular formula is C16H27N3O6. The first-order valence-electron chi connectivity index (χ1n) is 8.46. The van der Waals surface area contributed by atoms with Gasteiger partial charge in [0.15, 0.2) is 6.10 Å². The lowest BCUT2D eigenvalue weighted by atomic mass is 9.83. The van der Waals surface area contributed by atoms with E-state index in [-0.39, 0.29) is 30.8 Å². The molecule has 25 heavy (non-hydrogen) atoms. The van der Waals surface area contributed by atoms with Crippen LogP contribution in [0.5, 0.6) is 0 Å². The Bertz CT molecular complexity index is 522. The lowest BCUT2D eigenvalue weighted by Crippen LogP contribution is -2.56. The smallest absolute Gasteiger partial charge is 0.326 e. The third kappa shape index (κ3) is 5.70. The van der Waals surface area contributed by atoms with Crippen molar-refractivity contribution in [2.75, 3.05) is 6.54 Å². The highest BCUT2D eigenvalue weighted by molar-refractivity contribution is 5.94. The fourth-order valence-corrected chi connectivity index (χ4v) is 2.51. The number of aliphatic carboxylic acids is 1. The van der Waals surface area contributed by atoms with Crippen molar-refractivity contribution < 1.29 is 29.0 Å². The first kappa shape index (κ1) is 20.9. The predicted octanol–water partition coefficient (Wildman–Crippen LogP) is -0.613. The normalized spacial score (nSPS) is 22.8. The van der Waals surface area contributed by atoms with Gasteiger partial charge in [-0.05, 0) is 25.7 Å². The van der Waals surface area contributed by atoms with Crippen molar-refractivity contribution in [3.63, 3.8) is 0 Å². The van der Waals surface area contributed by atoms with Crippen LogP contribution in [-0.2, 0) is 23.9 Å².